The first kappa shape index (κ1) is 17.9. The van der Waals surface area contributed by atoms with Gasteiger partial charge in [-0.05, 0) is 37.0 Å². The van der Waals surface area contributed by atoms with Gasteiger partial charge in [-0.1, -0.05) is 19.8 Å². The third-order valence-corrected chi connectivity index (χ3v) is 4.46. The molecule has 0 spiro atoms. The second kappa shape index (κ2) is 7.42. The summed E-state index contributed by atoms with van der Waals surface area (Å²) in [5.41, 5.74) is 4.87. The van der Waals surface area contributed by atoms with Crippen molar-refractivity contribution in [3.8, 4) is 0 Å². The first-order chi connectivity index (χ1) is 11.3. The van der Waals surface area contributed by atoms with E-state index in [1.807, 2.05) is 0 Å². The zero-order valence-corrected chi connectivity index (χ0v) is 13.8. The number of hydrogen-bond donors (Lipinski definition) is 2. The Morgan fingerprint density at radius 1 is 1.29 bits per heavy atom. The SMILES string of the molecule is CC1CCCC(N(C)C(=O)C(=O)Nc2ccc(F)c(C(N)=O)c2)C1. The zero-order valence-electron chi connectivity index (χ0n) is 13.8. The van der Waals surface area contributed by atoms with E-state index < -0.39 is 23.5 Å². The third kappa shape index (κ3) is 4.10. The molecule has 3 N–H and O–H groups in total. The quantitative estimate of drug-likeness (QED) is 0.826. The molecule has 0 bridgehead atoms. The summed E-state index contributed by atoms with van der Waals surface area (Å²) in [4.78, 5) is 37.0. The lowest BCUT2D eigenvalue weighted by Crippen LogP contribution is -2.45. The Hall–Kier alpha value is -2.44. The molecule has 2 unspecified atom stereocenters. The second-order valence-electron chi connectivity index (χ2n) is 6.35. The number of likely N-dealkylation sites (N-methyl/N-ethyl adjacent to an activating group) is 1. The number of benzene rings is 1. The van der Waals surface area contributed by atoms with Gasteiger partial charge in [0.25, 0.3) is 5.91 Å². The van der Waals surface area contributed by atoms with Gasteiger partial charge in [-0.25, -0.2) is 4.39 Å². The van der Waals surface area contributed by atoms with Gasteiger partial charge in [0.05, 0.1) is 5.56 Å². The van der Waals surface area contributed by atoms with E-state index in [1.165, 1.54) is 11.0 Å². The molecule has 130 valence electrons. The Morgan fingerprint density at radius 2 is 2.00 bits per heavy atom. The highest BCUT2D eigenvalue weighted by molar-refractivity contribution is 6.39. The number of nitrogens with two attached hydrogens (primary N) is 1. The molecule has 1 aliphatic carbocycles. The number of halogens is 1. The highest BCUT2D eigenvalue weighted by atomic mass is 19.1. The number of carbonyl (C=O) groups excluding carboxylic acids is 3. The van der Waals surface area contributed by atoms with Crippen LogP contribution in [-0.4, -0.2) is 35.7 Å². The molecule has 0 saturated heterocycles. The van der Waals surface area contributed by atoms with Gasteiger partial charge >= 0.3 is 11.8 Å². The summed E-state index contributed by atoms with van der Waals surface area (Å²) in [6.45, 7) is 2.13. The normalized spacial score (nSPS) is 20.3. The van der Waals surface area contributed by atoms with E-state index in [1.54, 1.807) is 7.05 Å². The number of carbonyl (C=O) groups is 3. The lowest BCUT2D eigenvalue weighted by Gasteiger charge is -2.33. The van der Waals surface area contributed by atoms with E-state index in [4.69, 9.17) is 5.73 Å². The Kier molecular flexibility index (Phi) is 5.54. The predicted octanol–water partition coefficient (Wildman–Crippen LogP) is 1.90. The van der Waals surface area contributed by atoms with E-state index in [9.17, 15) is 18.8 Å². The molecule has 1 fully saturated rings. The maximum Gasteiger partial charge on any atom is 0.313 e. The van der Waals surface area contributed by atoms with E-state index in [0.717, 1.165) is 37.8 Å². The molecule has 3 amide bonds. The van der Waals surface area contributed by atoms with Crippen molar-refractivity contribution in [1.82, 2.24) is 4.90 Å². The first-order valence-electron chi connectivity index (χ1n) is 7.97. The Morgan fingerprint density at radius 3 is 2.62 bits per heavy atom. The van der Waals surface area contributed by atoms with E-state index in [-0.39, 0.29) is 17.3 Å². The van der Waals surface area contributed by atoms with Gasteiger partial charge in [-0.15, -0.1) is 0 Å². The Bertz CT molecular complexity index is 662. The summed E-state index contributed by atoms with van der Waals surface area (Å²) in [6.07, 6.45) is 3.92. The molecule has 0 heterocycles. The van der Waals surface area contributed by atoms with Crippen molar-refractivity contribution in [2.24, 2.45) is 11.7 Å². The smallest absolute Gasteiger partial charge is 0.313 e. The maximum absolute atomic E-state index is 13.4. The number of primary amides is 1. The van der Waals surface area contributed by atoms with Crippen molar-refractivity contribution >= 4 is 23.4 Å². The van der Waals surface area contributed by atoms with E-state index in [2.05, 4.69) is 12.2 Å². The molecule has 1 saturated carbocycles. The van der Waals surface area contributed by atoms with Crippen molar-refractivity contribution in [1.29, 1.82) is 0 Å². The van der Waals surface area contributed by atoms with Gasteiger partial charge in [-0.3, -0.25) is 14.4 Å². The lowest BCUT2D eigenvalue weighted by atomic mass is 9.86. The fourth-order valence-corrected chi connectivity index (χ4v) is 3.06. The summed E-state index contributed by atoms with van der Waals surface area (Å²) >= 11 is 0. The molecule has 0 aliphatic heterocycles. The van der Waals surface area contributed by atoms with Gasteiger partial charge in [0.2, 0.25) is 0 Å². The van der Waals surface area contributed by atoms with Crippen LogP contribution in [0.2, 0.25) is 0 Å². The summed E-state index contributed by atoms with van der Waals surface area (Å²) in [5, 5.41) is 2.39. The van der Waals surface area contributed by atoms with E-state index >= 15 is 0 Å². The lowest BCUT2D eigenvalue weighted by molar-refractivity contribution is -0.144. The monoisotopic (exact) mass is 335 g/mol. The molecule has 0 radical (unpaired) electrons. The van der Waals surface area contributed by atoms with Crippen LogP contribution in [0.4, 0.5) is 10.1 Å². The number of rotatable bonds is 3. The van der Waals surface area contributed by atoms with Crippen LogP contribution in [0.25, 0.3) is 0 Å². The largest absolute Gasteiger partial charge is 0.366 e. The van der Waals surface area contributed by atoms with Crippen molar-refractivity contribution < 1.29 is 18.8 Å². The van der Waals surface area contributed by atoms with Crippen molar-refractivity contribution in [3.05, 3.63) is 29.6 Å². The molecular formula is C17H22FN3O3. The minimum Gasteiger partial charge on any atom is -0.366 e. The fraction of sp³-hybridized carbons (Fsp3) is 0.471. The third-order valence-electron chi connectivity index (χ3n) is 4.46. The number of hydrogen-bond acceptors (Lipinski definition) is 3. The number of amides is 3. The second-order valence-corrected chi connectivity index (χ2v) is 6.35. The molecule has 1 aromatic carbocycles. The van der Waals surface area contributed by atoms with Crippen LogP contribution in [0.5, 0.6) is 0 Å². The highest BCUT2D eigenvalue weighted by Crippen LogP contribution is 2.26. The fourth-order valence-electron chi connectivity index (χ4n) is 3.06. The Balaban J connectivity index is 2.05. The highest BCUT2D eigenvalue weighted by Gasteiger charge is 2.29. The predicted molar refractivity (Wildman–Crippen MR) is 87.7 cm³/mol. The number of nitrogens with one attached hydrogen (secondary N) is 1. The van der Waals surface area contributed by atoms with Crippen molar-refractivity contribution in [2.45, 2.75) is 38.6 Å². The molecule has 1 aliphatic rings. The van der Waals surface area contributed by atoms with Crippen molar-refractivity contribution in [2.75, 3.05) is 12.4 Å². The average molecular weight is 335 g/mol. The van der Waals surface area contributed by atoms with Crippen LogP contribution in [0.1, 0.15) is 43.0 Å². The minimum atomic E-state index is -0.941. The molecule has 0 aromatic heterocycles. The molecule has 2 rings (SSSR count). The molecule has 24 heavy (non-hydrogen) atoms. The van der Waals surface area contributed by atoms with Crippen LogP contribution in [-0.2, 0) is 9.59 Å². The summed E-state index contributed by atoms with van der Waals surface area (Å²) in [5.74, 6) is -2.67. The molecular weight excluding hydrogens is 313 g/mol. The summed E-state index contributed by atoms with van der Waals surface area (Å²) in [6, 6.07) is 3.45. The van der Waals surface area contributed by atoms with Crippen LogP contribution < -0.4 is 11.1 Å². The topological polar surface area (TPSA) is 92.5 Å². The van der Waals surface area contributed by atoms with Crippen LogP contribution >= 0.6 is 0 Å². The van der Waals surface area contributed by atoms with Gasteiger partial charge in [0.15, 0.2) is 0 Å². The van der Waals surface area contributed by atoms with Gasteiger partial charge in [0.1, 0.15) is 5.82 Å². The van der Waals surface area contributed by atoms with Crippen LogP contribution in [0.3, 0.4) is 0 Å². The zero-order chi connectivity index (χ0) is 17.9. The average Bonchev–Trinajstić information content (AvgIpc) is 2.54. The van der Waals surface area contributed by atoms with Gasteiger partial charge < -0.3 is 16.0 Å². The van der Waals surface area contributed by atoms with Crippen LogP contribution in [0, 0.1) is 11.7 Å². The van der Waals surface area contributed by atoms with Gasteiger partial charge in [0, 0.05) is 18.8 Å². The maximum atomic E-state index is 13.4. The van der Waals surface area contributed by atoms with E-state index in [0.29, 0.717) is 5.92 Å². The van der Waals surface area contributed by atoms with Crippen molar-refractivity contribution in [3.63, 3.8) is 0 Å². The summed E-state index contributed by atoms with van der Waals surface area (Å²) < 4.78 is 13.4. The molecule has 7 heteroatoms. The number of anilines is 1. The number of nitrogens with zero attached hydrogens (tertiary/aromatic N) is 1. The minimum absolute atomic E-state index is 0.0430. The molecule has 6 nitrogen and oxygen atoms in total. The van der Waals surface area contributed by atoms with Crippen LogP contribution in [0.15, 0.2) is 18.2 Å². The summed E-state index contributed by atoms with van der Waals surface area (Å²) in [7, 11) is 1.62. The Labute approximate surface area is 140 Å². The van der Waals surface area contributed by atoms with Gasteiger partial charge in [-0.2, -0.15) is 0 Å². The molecule has 2 atom stereocenters. The standard InChI is InChI=1S/C17H22FN3O3/c1-10-4-3-5-12(8-10)21(2)17(24)16(23)20-11-6-7-14(18)13(9-11)15(19)22/h6-7,9-10,12H,3-5,8H2,1-2H3,(H2,19,22)(H,20,23). The first-order valence-corrected chi connectivity index (χ1v) is 7.97. The molecule has 1 aromatic rings.